The summed E-state index contributed by atoms with van der Waals surface area (Å²) in [5.74, 6) is 0. The van der Waals surface area contributed by atoms with Gasteiger partial charge in [0.2, 0.25) is 0 Å². The van der Waals surface area contributed by atoms with Crippen molar-refractivity contribution >= 4 is 11.6 Å². The Kier molecular flexibility index (Phi) is 3.26. The molecule has 0 spiro atoms. The summed E-state index contributed by atoms with van der Waals surface area (Å²) in [6, 6.07) is 1.64. The Morgan fingerprint density at radius 2 is 2.50 bits per heavy atom. The predicted octanol–water partition coefficient (Wildman–Crippen LogP) is 2.31. The largest absolute Gasteiger partial charge is 0.324 e. The van der Waals surface area contributed by atoms with Gasteiger partial charge in [-0.15, -0.1) is 6.58 Å². The third kappa shape index (κ3) is 2.06. The second kappa shape index (κ2) is 4.24. The van der Waals surface area contributed by atoms with Gasteiger partial charge < -0.3 is 5.73 Å². The normalized spacial score (nSPS) is 12.5. The molecule has 1 rings (SSSR count). The van der Waals surface area contributed by atoms with E-state index in [0.29, 0.717) is 11.4 Å². The van der Waals surface area contributed by atoms with Crippen molar-refractivity contribution in [1.29, 1.82) is 0 Å². The van der Waals surface area contributed by atoms with Crippen LogP contribution in [0.3, 0.4) is 0 Å². The van der Waals surface area contributed by atoms with Crippen LogP contribution >= 0.6 is 11.6 Å². The molecule has 0 fully saturated rings. The van der Waals surface area contributed by atoms with Crippen molar-refractivity contribution in [3.63, 3.8) is 0 Å². The van der Waals surface area contributed by atoms with Crippen LogP contribution < -0.4 is 5.73 Å². The molecule has 0 aromatic carbocycles. The fourth-order valence-corrected chi connectivity index (χ4v) is 1.21. The monoisotopic (exact) mass is 182 g/mol. The van der Waals surface area contributed by atoms with Crippen LogP contribution in [0.2, 0.25) is 5.02 Å². The van der Waals surface area contributed by atoms with Crippen LogP contribution in [0.15, 0.2) is 31.1 Å². The third-order valence-corrected chi connectivity index (χ3v) is 1.96. The van der Waals surface area contributed by atoms with E-state index in [1.54, 1.807) is 24.5 Å². The number of nitrogens with two attached hydrogens (primary N) is 1. The molecule has 2 nitrogen and oxygen atoms in total. The van der Waals surface area contributed by atoms with Gasteiger partial charge in [-0.25, -0.2) is 0 Å². The lowest BCUT2D eigenvalue weighted by molar-refractivity contribution is 0.738. The summed E-state index contributed by atoms with van der Waals surface area (Å²) < 4.78 is 0. The molecular weight excluding hydrogens is 172 g/mol. The molecule has 0 aliphatic carbocycles. The van der Waals surface area contributed by atoms with Gasteiger partial charge in [0, 0.05) is 29.0 Å². The lowest BCUT2D eigenvalue weighted by Crippen LogP contribution is -2.09. The molecule has 0 aliphatic rings. The van der Waals surface area contributed by atoms with Crippen molar-refractivity contribution in [2.24, 2.45) is 5.73 Å². The predicted molar refractivity (Wildman–Crippen MR) is 51.0 cm³/mol. The van der Waals surface area contributed by atoms with Crippen molar-refractivity contribution in [3.05, 3.63) is 41.7 Å². The van der Waals surface area contributed by atoms with Gasteiger partial charge in [-0.05, 0) is 12.5 Å². The molecule has 0 radical (unpaired) electrons. The van der Waals surface area contributed by atoms with Crippen molar-refractivity contribution in [2.45, 2.75) is 12.5 Å². The quantitative estimate of drug-likeness (QED) is 0.729. The van der Waals surface area contributed by atoms with Gasteiger partial charge in [-0.3, -0.25) is 4.98 Å². The summed E-state index contributed by atoms with van der Waals surface area (Å²) in [4.78, 5) is 3.95. The van der Waals surface area contributed by atoms with Crippen LogP contribution in [0.25, 0.3) is 0 Å². The van der Waals surface area contributed by atoms with E-state index in [0.717, 1.165) is 5.56 Å². The van der Waals surface area contributed by atoms with Crippen molar-refractivity contribution in [1.82, 2.24) is 4.98 Å². The smallest absolute Gasteiger partial charge is 0.0484 e. The minimum atomic E-state index is -0.0938. The maximum Gasteiger partial charge on any atom is 0.0484 e. The van der Waals surface area contributed by atoms with Gasteiger partial charge in [0.15, 0.2) is 0 Å². The number of pyridine rings is 1. The molecule has 0 bridgehead atoms. The van der Waals surface area contributed by atoms with E-state index in [4.69, 9.17) is 17.3 Å². The van der Waals surface area contributed by atoms with Crippen LogP contribution in [-0.2, 0) is 0 Å². The summed E-state index contributed by atoms with van der Waals surface area (Å²) in [5, 5.41) is 0.666. The van der Waals surface area contributed by atoms with Gasteiger partial charge >= 0.3 is 0 Å². The Labute approximate surface area is 77.1 Å². The van der Waals surface area contributed by atoms with Gasteiger partial charge in [0.1, 0.15) is 0 Å². The standard InChI is InChI=1S/C9H11ClN2/c1-2-3-9(11)7-6-12-5-4-8(7)10/h2,4-6,9H,1,3,11H2/t9-/m0/s1. The molecule has 0 unspecified atom stereocenters. The highest BCUT2D eigenvalue weighted by Gasteiger charge is 2.07. The topological polar surface area (TPSA) is 38.9 Å². The molecule has 12 heavy (non-hydrogen) atoms. The minimum Gasteiger partial charge on any atom is -0.324 e. The molecule has 1 aromatic rings. The van der Waals surface area contributed by atoms with Crippen LogP contribution in [0.4, 0.5) is 0 Å². The number of hydrogen-bond acceptors (Lipinski definition) is 2. The highest BCUT2D eigenvalue weighted by molar-refractivity contribution is 6.31. The van der Waals surface area contributed by atoms with Crippen molar-refractivity contribution < 1.29 is 0 Å². The Balaban J connectivity index is 2.86. The molecule has 0 aliphatic heterocycles. The molecule has 1 heterocycles. The molecule has 2 N–H and O–H groups in total. The van der Waals surface area contributed by atoms with Crippen LogP contribution in [0, 0.1) is 0 Å². The number of hydrogen-bond donors (Lipinski definition) is 1. The zero-order chi connectivity index (χ0) is 8.97. The van der Waals surface area contributed by atoms with Gasteiger partial charge in [0.05, 0.1) is 0 Å². The Hall–Kier alpha value is -0.860. The summed E-state index contributed by atoms with van der Waals surface area (Å²) in [5.41, 5.74) is 6.68. The average Bonchev–Trinajstić information content (AvgIpc) is 2.05. The molecule has 64 valence electrons. The summed E-state index contributed by atoms with van der Waals surface area (Å²) in [6.07, 6.45) is 5.82. The van der Waals surface area contributed by atoms with Crippen LogP contribution in [0.1, 0.15) is 18.0 Å². The maximum absolute atomic E-state index is 5.90. The van der Waals surface area contributed by atoms with E-state index in [-0.39, 0.29) is 6.04 Å². The van der Waals surface area contributed by atoms with E-state index in [2.05, 4.69) is 11.6 Å². The molecule has 3 heteroatoms. The maximum atomic E-state index is 5.90. The van der Waals surface area contributed by atoms with E-state index in [1.165, 1.54) is 0 Å². The average molecular weight is 183 g/mol. The summed E-state index contributed by atoms with van der Waals surface area (Å²) in [7, 11) is 0. The van der Waals surface area contributed by atoms with Crippen molar-refractivity contribution in [2.75, 3.05) is 0 Å². The minimum absolute atomic E-state index is 0.0938. The van der Waals surface area contributed by atoms with Crippen LogP contribution in [0.5, 0.6) is 0 Å². The van der Waals surface area contributed by atoms with Gasteiger partial charge in [-0.2, -0.15) is 0 Å². The lowest BCUT2D eigenvalue weighted by atomic mass is 10.1. The zero-order valence-electron chi connectivity index (χ0n) is 6.70. The SMILES string of the molecule is C=CC[C@H](N)c1cnccc1Cl. The molecule has 1 aromatic heterocycles. The van der Waals surface area contributed by atoms with Gasteiger partial charge in [-0.1, -0.05) is 17.7 Å². The Morgan fingerprint density at radius 3 is 3.08 bits per heavy atom. The first-order valence-electron chi connectivity index (χ1n) is 3.71. The first-order chi connectivity index (χ1) is 5.75. The number of halogens is 1. The Bertz CT molecular complexity index is 273. The van der Waals surface area contributed by atoms with Crippen molar-refractivity contribution in [3.8, 4) is 0 Å². The van der Waals surface area contributed by atoms with E-state index in [1.807, 2.05) is 0 Å². The second-order valence-electron chi connectivity index (χ2n) is 2.53. The second-order valence-corrected chi connectivity index (χ2v) is 2.94. The zero-order valence-corrected chi connectivity index (χ0v) is 7.46. The Morgan fingerprint density at radius 1 is 1.75 bits per heavy atom. The first-order valence-corrected chi connectivity index (χ1v) is 4.09. The highest BCUT2D eigenvalue weighted by Crippen LogP contribution is 2.21. The fourth-order valence-electron chi connectivity index (χ4n) is 0.969. The first kappa shape index (κ1) is 9.23. The van der Waals surface area contributed by atoms with E-state index in [9.17, 15) is 0 Å². The summed E-state index contributed by atoms with van der Waals surface area (Å²) >= 11 is 5.90. The molecular formula is C9H11ClN2. The van der Waals surface area contributed by atoms with E-state index >= 15 is 0 Å². The molecule has 0 saturated carbocycles. The fraction of sp³-hybridized carbons (Fsp3) is 0.222. The lowest BCUT2D eigenvalue weighted by Gasteiger charge is -2.09. The molecule has 0 amide bonds. The summed E-state index contributed by atoms with van der Waals surface area (Å²) in [6.45, 7) is 3.61. The number of nitrogens with zero attached hydrogens (tertiary/aromatic N) is 1. The highest BCUT2D eigenvalue weighted by atomic mass is 35.5. The number of rotatable bonds is 3. The van der Waals surface area contributed by atoms with E-state index < -0.39 is 0 Å². The van der Waals surface area contributed by atoms with Crippen LogP contribution in [-0.4, -0.2) is 4.98 Å². The molecule has 1 atom stereocenters. The third-order valence-electron chi connectivity index (χ3n) is 1.62. The molecule has 0 saturated heterocycles. The van der Waals surface area contributed by atoms with Gasteiger partial charge in [0.25, 0.3) is 0 Å². The number of aromatic nitrogens is 1.